The maximum Gasteiger partial charge on any atom is 0.237 e. The summed E-state index contributed by atoms with van der Waals surface area (Å²) in [6.45, 7) is 2.03. The van der Waals surface area contributed by atoms with Crippen molar-refractivity contribution < 1.29 is 9.18 Å². The van der Waals surface area contributed by atoms with E-state index in [4.69, 9.17) is 17.3 Å². The van der Waals surface area contributed by atoms with Crippen LogP contribution in [0.25, 0.3) is 0 Å². The molecule has 0 saturated heterocycles. The minimum atomic E-state index is -0.444. The Morgan fingerprint density at radius 1 is 1.52 bits per heavy atom. The van der Waals surface area contributed by atoms with Crippen molar-refractivity contribution >= 4 is 29.3 Å². The molecule has 0 spiro atoms. The third kappa shape index (κ3) is 3.67. The Kier molecular flexibility index (Phi) is 4.59. The number of hydrogen-bond donors (Lipinski definition) is 1. The molecular weight excluding hydrogens is 339 g/mol. The number of aromatic nitrogens is 3. The van der Waals surface area contributed by atoms with E-state index in [-0.39, 0.29) is 16.8 Å². The Balaban J connectivity index is 1.83. The lowest BCUT2D eigenvalue weighted by Crippen LogP contribution is -2.20. The Hall–Kier alpha value is -1.60. The van der Waals surface area contributed by atoms with Crippen molar-refractivity contribution in [1.82, 2.24) is 14.8 Å². The van der Waals surface area contributed by atoms with Gasteiger partial charge < -0.3 is 5.73 Å². The highest BCUT2D eigenvalue weighted by Crippen LogP contribution is 2.42. The van der Waals surface area contributed by atoms with Crippen LogP contribution in [0.4, 0.5) is 4.39 Å². The first-order valence-electron chi connectivity index (χ1n) is 7.28. The average molecular weight is 355 g/mol. The maximum atomic E-state index is 13.3. The zero-order valence-corrected chi connectivity index (χ0v) is 14.1. The van der Waals surface area contributed by atoms with Gasteiger partial charge in [-0.15, -0.1) is 10.2 Å². The smallest absolute Gasteiger partial charge is 0.237 e. The van der Waals surface area contributed by atoms with E-state index in [0.29, 0.717) is 11.1 Å². The largest absolute Gasteiger partial charge is 0.368 e. The van der Waals surface area contributed by atoms with E-state index in [1.54, 1.807) is 16.7 Å². The van der Waals surface area contributed by atoms with E-state index >= 15 is 0 Å². The number of primary amides is 1. The van der Waals surface area contributed by atoms with Gasteiger partial charge in [0.2, 0.25) is 5.91 Å². The summed E-state index contributed by atoms with van der Waals surface area (Å²) in [6, 6.07) is 4.64. The third-order valence-corrected chi connectivity index (χ3v) is 5.13. The molecule has 1 aliphatic carbocycles. The zero-order chi connectivity index (χ0) is 16.6. The Labute approximate surface area is 142 Å². The summed E-state index contributed by atoms with van der Waals surface area (Å²) in [7, 11) is 0. The quantitative estimate of drug-likeness (QED) is 0.808. The fourth-order valence-electron chi connectivity index (χ4n) is 2.33. The predicted molar refractivity (Wildman–Crippen MR) is 86.9 cm³/mol. The van der Waals surface area contributed by atoms with Crippen LogP contribution < -0.4 is 5.73 Å². The molecule has 3 rings (SSSR count). The normalized spacial score (nSPS) is 15.6. The highest BCUT2D eigenvalue weighted by Gasteiger charge is 2.31. The molecule has 5 nitrogen and oxygen atoms in total. The first-order valence-corrected chi connectivity index (χ1v) is 8.54. The lowest BCUT2D eigenvalue weighted by molar-refractivity contribution is -0.118. The standard InChI is InChI=1S/C15H16ClFN4OS/c1-8(10-4-5-12(17)11(16)6-10)23-15-20-19-14(9-2-3-9)21(15)7-13(18)22/h4-6,8-9H,2-3,7H2,1H3,(H2,18,22)/t8-/m0/s1. The third-order valence-electron chi connectivity index (χ3n) is 3.70. The Bertz CT molecular complexity index is 747. The second-order valence-electron chi connectivity index (χ2n) is 5.60. The number of carbonyl (C=O) groups is 1. The summed E-state index contributed by atoms with van der Waals surface area (Å²) in [5, 5.41) is 9.11. The molecule has 23 heavy (non-hydrogen) atoms. The van der Waals surface area contributed by atoms with Gasteiger partial charge in [-0.3, -0.25) is 9.36 Å². The molecule has 0 bridgehead atoms. The fraction of sp³-hybridized carbons (Fsp3) is 0.400. The summed E-state index contributed by atoms with van der Waals surface area (Å²) in [4.78, 5) is 11.3. The van der Waals surface area contributed by atoms with Crippen molar-refractivity contribution in [2.75, 3.05) is 0 Å². The maximum absolute atomic E-state index is 13.3. The van der Waals surface area contributed by atoms with E-state index in [9.17, 15) is 9.18 Å². The monoisotopic (exact) mass is 354 g/mol. The van der Waals surface area contributed by atoms with Gasteiger partial charge >= 0.3 is 0 Å². The van der Waals surface area contributed by atoms with Crippen LogP contribution in [0.5, 0.6) is 0 Å². The lowest BCUT2D eigenvalue weighted by Gasteiger charge is -2.13. The molecule has 0 unspecified atom stereocenters. The van der Waals surface area contributed by atoms with Crippen LogP contribution in [0.3, 0.4) is 0 Å². The van der Waals surface area contributed by atoms with E-state index in [1.165, 1.54) is 17.8 Å². The second-order valence-corrected chi connectivity index (χ2v) is 7.32. The number of rotatable bonds is 6. The number of nitrogens with zero attached hydrogens (tertiary/aromatic N) is 3. The summed E-state index contributed by atoms with van der Waals surface area (Å²) in [5.74, 6) is 0.314. The van der Waals surface area contributed by atoms with E-state index in [2.05, 4.69) is 10.2 Å². The first-order chi connectivity index (χ1) is 11.0. The minimum absolute atomic E-state index is 0.0176. The van der Waals surface area contributed by atoms with Crippen LogP contribution in [0, 0.1) is 5.82 Å². The van der Waals surface area contributed by atoms with Crippen LogP contribution >= 0.6 is 23.4 Å². The topological polar surface area (TPSA) is 73.8 Å². The van der Waals surface area contributed by atoms with Gasteiger partial charge in [0.05, 0.1) is 5.02 Å². The molecule has 0 radical (unpaired) electrons. The molecule has 122 valence electrons. The molecule has 8 heteroatoms. The number of nitrogens with two attached hydrogens (primary N) is 1. The molecule has 1 aromatic heterocycles. The summed E-state index contributed by atoms with van der Waals surface area (Å²) in [6.07, 6.45) is 2.12. The Morgan fingerprint density at radius 3 is 2.87 bits per heavy atom. The molecule has 1 heterocycles. The number of thioether (sulfide) groups is 1. The molecule has 1 atom stereocenters. The molecule has 1 aliphatic rings. The van der Waals surface area contributed by atoms with Crippen molar-refractivity contribution in [1.29, 1.82) is 0 Å². The summed E-state index contributed by atoms with van der Waals surface area (Å²) in [5.41, 5.74) is 6.21. The molecule has 1 saturated carbocycles. The van der Waals surface area contributed by atoms with Crippen molar-refractivity contribution in [2.45, 2.75) is 42.6 Å². The van der Waals surface area contributed by atoms with Crippen molar-refractivity contribution in [3.63, 3.8) is 0 Å². The lowest BCUT2D eigenvalue weighted by atomic mass is 10.2. The molecule has 1 amide bonds. The molecule has 2 N–H and O–H groups in total. The number of benzene rings is 1. The highest BCUT2D eigenvalue weighted by molar-refractivity contribution is 7.99. The minimum Gasteiger partial charge on any atom is -0.368 e. The second kappa shape index (κ2) is 6.49. The molecule has 0 aliphatic heterocycles. The van der Waals surface area contributed by atoms with Crippen LogP contribution in [-0.2, 0) is 11.3 Å². The first kappa shape index (κ1) is 16.3. The average Bonchev–Trinajstić information content (AvgIpc) is 3.26. The fourth-order valence-corrected chi connectivity index (χ4v) is 3.49. The zero-order valence-electron chi connectivity index (χ0n) is 12.5. The van der Waals surface area contributed by atoms with Crippen LogP contribution in [-0.4, -0.2) is 20.7 Å². The Morgan fingerprint density at radius 2 is 2.26 bits per heavy atom. The van der Waals surface area contributed by atoms with Gasteiger partial charge in [-0.05, 0) is 37.5 Å². The van der Waals surface area contributed by atoms with E-state index < -0.39 is 11.7 Å². The van der Waals surface area contributed by atoms with Crippen molar-refractivity contribution in [2.24, 2.45) is 5.73 Å². The SMILES string of the molecule is C[C@H](Sc1nnc(C2CC2)n1CC(N)=O)c1ccc(F)c(Cl)c1. The molecule has 1 aromatic carbocycles. The molecule has 2 aromatic rings. The van der Waals surface area contributed by atoms with Crippen molar-refractivity contribution in [3.8, 4) is 0 Å². The van der Waals surface area contributed by atoms with Crippen LogP contribution in [0.15, 0.2) is 23.4 Å². The number of hydrogen-bond acceptors (Lipinski definition) is 4. The number of halogens is 2. The van der Waals surface area contributed by atoms with Gasteiger partial charge in [0.15, 0.2) is 5.16 Å². The van der Waals surface area contributed by atoms with Gasteiger partial charge in [0.25, 0.3) is 0 Å². The summed E-state index contributed by atoms with van der Waals surface area (Å²) < 4.78 is 15.1. The van der Waals surface area contributed by atoms with Gasteiger partial charge in [-0.1, -0.05) is 29.4 Å². The highest BCUT2D eigenvalue weighted by atomic mass is 35.5. The van der Waals surface area contributed by atoms with E-state index in [0.717, 1.165) is 24.2 Å². The van der Waals surface area contributed by atoms with Crippen LogP contribution in [0.1, 0.15) is 42.3 Å². The van der Waals surface area contributed by atoms with Gasteiger partial charge in [-0.25, -0.2) is 4.39 Å². The summed E-state index contributed by atoms with van der Waals surface area (Å²) >= 11 is 7.28. The van der Waals surface area contributed by atoms with Crippen molar-refractivity contribution in [3.05, 3.63) is 40.4 Å². The molecule has 1 fully saturated rings. The molecular formula is C15H16ClFN4OS. The van der Waals surface area contributed by atoms with E-state index in [1.807, 2.05) is 6.92 Å². The number of amides is 1. The number of carbonyl (C=O) groups excluding carboxylic acids is 1. The van der Waals surface area contributed by atoms with Gasteiger partial charge in [0, 0.05) is 11.2 Å². The van der Waals surface area contributed by atoms with Gasteiger partial charge in [-0.2, -0.15) is 0 Å². The van der Waals surface area contributed by atoms with Crippen LogP contribution in [0.2, 0.25) is 5.02 Å². The predicted octanol–water partition coefficient (Wildman–Crippen LogP) is 3.29. The van der Waals surface area contributed by atoms with Gasteiger partial charge in [0.1, 0.15) is 18.2 Å².